The highest BCUT2D eigenvalue weighted by Gasteiger charge is 2.29. The van der Waals surface area contributed by atoms with Gasteiger partial charge in [0, 0.05) is 6.04 Å². The summed E-state index contributed by atoms with van der Waals surface area (Å²) < 4.78 is 44.6. The molecule has 10 heteroatoms. The van der Waals surface area contributed by atoms with Crippen LogP contribution < -0.4 is 19.5 Å². The molecule has 1 atom stereocenters. The van der Waals surface area contributed by atoms with Crippen LogP contribution in [0, 0.1) is 0 Å². The lowest BCUT2D eigenvalue weighted by molar-refractivity contribution is 0.324. The molecule has 1 aliphatic rings. The molecule has 9 nitrogen and oxygen atoms in total. The van der Waals surface area contributed by atoms with Gasteiger partial charge >= 0.3 is 6.01 Å². The molecule has 1 N–H and O–H groups in total. The quantitative estimate of drug-likeness (QED) is 0.806. The van der Waals surface area contributed by atoms with Gasteiger partial charge in [-0.3, -0.25) is 0 Å². The van der Waals surface area contributed by atoms with Gasteiger partial charge in [-0.15, -0.1) is 5.10 Å². The molecule has 1 aromatic heterocycles. The Balaban J connectivity index is 1.87. The van der Waals surface area contributed by atoms with Crippen LogP contribution in [0.5, 0.6) is 17.2 Å². The second kappa shape index (κ2) is 6.79. The van der Waals surface area contributed by atoms with Gasteiger partial charge in [0.2, 0.25) is 5.75 Å². The summed E-state index contributed by atoms with van der Waals surface area (Å²) >= 11 is 0. The van der Waals surface area contributed by atoms with Crippen molar-refractivity contribution in [2.75, 3.05) is 38.2 Å². The van der Waals surface area contributed by atoms with E-state index in [0.29, 0.717) is 29.2 Å². The van der Waals surface area contributed by atoms with E-state index in [-0.39, 0.29) is 29.5 Å². The summed E-state index contributed by atoms with van der Waals surface area (Å²) in [4.78, 5) is 0. The van der Waals surface area contributed by atoms with E-state index in [9.17, 15) is 8.42 Å². The summed E-state index contributed by atoms with van der Waals surface area (Å²) in [5.74, 6) is 1.77. The lowest BCUT2D eigenvalue weighted by Crippen LogP contribution is -2.20. The summed E-state index contributed by atoms with van der Waals surface area (Å²) in [7, 11) is 1.54. The molecule has 1 aliphatic heterocycles. The van der Waals surface area contributed by atoms with E-state index in [1.165, 1.54) is 21.3 Å². The van der Waals surface area contributed by atoms with Crippen molar-refractivity contribution in [3.8, 4) is 28.7 Å². The van der Waals surface area contributed by atoms with Crippen molar-refractivity contribution < 1.29 is 27.0 Å². The lowest BCUT2D eigenvalue weighted by atomic mass is 10.1. The van der Waals surface area contributed by atoms with Gasteiger partial charge in [0.25, 0.3) is 5.89 Å². The number of ether oxygens (including phenoxy) is 3. The van der Waals surface area contributed by atoms with Gasteiger partial charge in [-0.05, 0) is 18.6 Å². The Labute approximate surface area is 145 Å². The maximum atomic E-state index is 11.5. The molecule has 0 saturated carbocycles. The molecule has 2 aromatic rings. The number of benzene rings is 1. The molecule has 1 fully saturated rings. The number of nitrogens with zero attached hydrogens (tertiary/aromatic N) is 2. The van der Waals surface area contributed by atoms with Crippen molar-refractivity contribution in [1.82, 2.24) is 10.2 Å². The summed E-state index contributed by atoms with van der Waals surface area (Å²) in [5, 5.41) is 10.9. The van der Waals surface area contributed by atoms with Gasteiger partial charge in [0.1, 0.15) is 0 Å². The van der Waals surface area contributed by atoms with Crippen LogP contribution >= 0.6 is 0 Å². The molecule has 25 heavy (non-hydrogen) atoms. The highest BCUT2D eigenvalue weighted by Crippen LogP contribution is 2.44. The van der Waals surface area contributed by atoms with Crippen molar-refractivity contribution in [3.05, 3.63) is 12.1 Å². The third-order valence-electron chi connectivity index (χ3n) is 3.92. The molecule has 0 bridgehead atoms. The highest BCUT2D eigenvalue weighted by molar-refractivity contribution is 7.91. The zero-order valence-corrected chi connectivity index (χ0v) is 14.9. The minimum atomic E-state index is -2.99. The molecule has 0 spiro atoms. The number of aromatic nitrogens is 2. The summed E-state index contributed by atoms with van der Waals surface area (Å²) in [6, 6.07) is 3.36. The first-order chi connectivity index (χ1) is 12.0. The topological polar surface area (TPSA) is 113 Å². The number of hydrogen-bond donors (Lipinski definition) is 1. The monoisotopic (exact) mass is 369 g/mol. The van der Waals surface area contributed by atoms with Crippen LogP contribution in [0.3, 0.4) is 0 Å². The average Bonchev–Trinajstić information content (AvgIpc) is 3.19. The van der Waals surface area contributed by atoms with E-state index in [1.54, 1.807) is 12.1 Å². The zero-order valence-electron chi connectivity index (χ0n) is 14.1. The first kappa shape index (κ1) is 17.3. The Kier molecular flexibility index (Phi) is 4.71. The molecule has 1 unspecified atom stereocenters. The number of nitrogens with one attached hydrogen (secondary N) is 1. The van der Waals surface area contributed by atoms with Crippen LogP contribution in [-0.4, -0.2) is 57.5 Å². The number of rotatable bonds is 6. The van der Waals surface area contributed by atoms with Crippen molar-refractivity contribution in [3.63, 3.8) is 0 Å². The molecule has 1 saturated heterocycles. The molecule has 0 amide bonds. The Hall–Kier alpha value is -2.49. The van der Waals surface area contributed by atoms with Gasteiger partial charge in [-0.2, -0.15) is 0 Å². The normalized spacial score (nSPS) is 18.8. The van der Waals surface area contributed by atoms with Crippen molar-refractivity contribution in [2.24, 2.45) is 0 Å². The number of methoxy groups -OCH3 is 3. The first-order valence-electron chi connectivity index (χ1n) is 7.57. The zero-order chi connectivity index (χ0) is 18.0. The fourth-order valence-corrected chi connectivity index (χ4v) is 4.42. The van der Waals surface area contributed by atoms with Crippen molar-refractivity contribution >= 4 is 15.9 Å². The molecule has 2 heterocycles. The van der Waals surface area contributed by atoms with E-state index in [4.69, 9.17) is 18.6 Å². The number of sulfone groups is 1. The number of anilines is 1. The Morgan fingerprint density at radius 3 is 2.48 bits per heavy atom. The molecular weight excluding hydrogens is 350 g/mol. The van der Waals surface area contributed by atoms with Crippen LogP contribution in [0.25, 0.3) is 11.5 Å². The largest absolute Gasteiger partial charge is 0.493 e. The molecule has 0 aliphatic carbocycles. The second-order valence-corrected chi connectivity index (χ2v) is 7.77. The number of hydrogen-bond acceptors (Lipinski definition) is 9. The van der Waals surface area contributed by atoms with Crippen LogP contribution in [-0.2, 0) is 9.84 Å². The molecule has 1 aromatic carbocycles. The maximum Gasteiger partial charge on any atom is 0.315 e. The highest BCUT2D eigenvalue weighted by atomic mass is 32.2. The second-order valence-electron chi connectivity index (χ2n) is 5.54. The van der Waals surface area contributed by atoms with E-state index >= 15 is 0 Å². The average molecular weight is 369 g/mol. The minimum Gasteiger partial charge on any atom is -0.493 e. The summed E-state index contributed by atoms with van der Waals surface area (Å²) in [6.45, 7) is 0. The van der Waals surface area contributed by atoms with Gasteiger partial charge in [0.05, 0.1) is 38.4 Å². The van der Waals surface area contributed by atoms with Gasteiger partial charge in [-0.1, -0.05) is 5.10 Å². The van der Waals surface area contributed by atoms with Crippen molar-refractivity contribution in [2.45, 2.75) is 12.5 Å². The fraction of sp³-hybridized carbons (Fsp3) is 0.467. The summed E-state index contributed by atoms with van der Waals surface area (Å²) in [6.07, 6.45) is 0.514. The third kappa shape index (κ3) is 3.48. The smallest absolute Gasteiger partial charge is 0.315 e. The maximum absolute atomic E-state index is 11.5. The predicted molar refractivity (Wildman–Crippen MR) is 90.1 cm³/mol. The Morgan fingerprint density at radius 1 is 1.12 bits per heavy atom. The lowest BCUT2D eigenvalue weighted by Gasteiger charge is -2.13. The van der Waals surface area contributed by atoms with Crippen LogP contribution in [0.1, 0.15) is 6.42 Å². The molecule has 3 rings (SSSR count). The minimum absolute atomic E-state index is 0.0599. The van der Waals surface area contributed by atoms with Crippen molar-refractivity contribution in [1.29, 1.82) is 0 Å². The predicted octanol–water partition coefficient (Wildman–Crippen LogP) is 1.36. The van der Waals surface area contributed by atoms with E-state index < -0.39 is 9.84 Å². The third-order valence-corrected chi connectivity index (χ3v) is 5.69. The van der Waals surface area contributed by atoms with E-state index in [2.05, 4.69) is 15.5 Å². The van der Waals surface area contributed by atoms with Crippen LogP contribution in [0.15, 0.2) is 16.5 Å². The Morgan fingerprint density at radius 2 is 1.88 bits per heavy atom. The Bertz CT molecular complexity index is 864. The van der Waals surface area contributed by atoms with E-state index in [0.717, 1.165) is 0 Å². The fourth-order valence-electron chi connectivity index (χ4n) is 2.74. The SMILES string of the molecule is COc1ccc(-c2nnc(NC3CCS(=O)(=O)C3)o2)c(OC)c1OC. The van der Waals surface area contributed by atoms with Crippen LogP contribution in [0.4, 0.5) is 6.01 Å². The van der Waals surface area contributed by atoms with E-state index in [1.807, 2.05) is 0 Å². The van der Waals surface area contributed by atoms with Gasteiger partial charge in [-0.25, -0.2) is 8.42 Å². The first-order valence-corrected chi connectivity index (χ1v) is 9.39. The molecular formula is C15H19N3O6S. The van der Waals surface area contributed by atoms with Crippen LogP contribution in [0.2, 0.25) is 0 Å². The van der Waals surface area contributed by atoms with Gasteiger partial charge < -0.3 is 23.9 Å². The molecule has 136 valence electrons. The molecule has 0 radical (unpaired) electrons. The standard InChI is InChI=1S/C15H19N3O6S/c1-21-11-5-4-10(12(22-2)13(11)23-3)14-17-18-15(24-14)16-9-6-7-25(19,20)8-9/h4-5,9H,6-8H2,1-3H3,(H,16,18). The van der Waals surface area contributed by atoms with Gasteiger partial charge in [0.15, 0.2) is 21.3 Å². The summed E-state index contributed by atoms with van der Waals surface area (Å²) in [5.41, 5.74) is 0.541.